The summed E-state index contributed by atoms with van der Waals surface area (Å²) < 4.78 is 0. The molecule has 0 aliphatic carbocycles. The van der Waals surface area contributed by atoms with E-state index in [9.17, 15) is 0 Å². The van der Waals surface area contributed by atoms with Crippen molar-refractivity contribution in [2.75, 3.05) is 48.7 Å². The third kappa shape index (κ3) is 4.05. The summed E-state index contributed by atoms with van der Waals surface area (Å²) in [5.74, 6) is 0.860. The molecule has 1 saturated heterocycles. The van der Waals surface area contributed by atoms with Crippen molar-refractivity contribution in [1.29, 1.82) is 0 Å². The predicted octanol–water partition coefficient (Wildman–Crippen LogP) is 2.56. The van der Waals surface area contributed by atoms with Gasteiger partial charge in [-0.2, -0.15) is 12.6 Å². The van der Waals surface area contributed by atoms with Gasteiger partial charge in [-0.05, 0) is 38.1 Å². The van der Waals surface area contributed by atoms with Crippen molar-refractivity contribution in [3.05, 3.63) is 24.3 Å². The quantitative estimate of drug-likeness (QED) is 0.808. The van der Waals surface area contributed by atoms with Crippen LogP contribution in [-0.2, 0) is 0 Å². The second-order valence-corrected chi connectivity index (χ2v) is 5.76. The van der Waals surface area contributed by atoms with Gasteiger partial charge < -0.3 is 10.2 Å². The second-order valence-electron chi connectivity index (χ2n) is 5.31. The van der Waals surface area contributed by atoms with Gasteiger partial charge in [0.25, 0.3) is 0 Å². The van der Waals surface area contributed by atoms with Gasteiger partial charge in [-0.1, -0.05) is 0 Å². The fourth-order valence-electron chi connectivity index (χ4n) is 2.49. The van der Waals surface area contributed by atoms with Gasteiger partial charge in [0.2, 0.25) is 0 Å². The predicted molar refractivity (Wildman–Crippen MR) is 87.7 cm³/mol. The fraction of sp³-hybridized carbons (Fsp3) is 0.600. The smallest absolute Gasteiger partial charge is 0.0368 e. The number of anilines is 2. The number of hydrogen-bond acceptors (Lipinski definition) is 4. The molecule has 1 aromatic carbocycles. The SMILES string of the molecule is CC(C)N1CCN(c2ccc(NCCS)cc2)CC1. The van der Waals surface area contributed by atoms with E-state index in [2.05, 4.69) is 65.9 Å². The first-order chi connectivity index (χ1) is 9.20. The van der Waals surface area contributed by atoms with E-state index >= 15 is 0 Å². The van der Waals surface area contributed by atoms with Crippen molar-refractivity contribution in [3.8, 4) is 0 Å². The molecule has 3 nitrogen and oxygen atoms in total. The minimum absolute atomic E-state index is 0.662. The first-order valence-electron chi connectivity index (χ1n) is 7.14. The summed E-state index contributed by atoms with van der Waals surface area (Å²) in [5.41, 5.74) is 2.51. The molecule has 0 unspecified atom stereocenters. The van der Waals surface area contributed by atoms with Gasteiger partial charge in [0.05, 0.1) is 0 Å². The molecule has 1 aromatic rings. The van der Waals surface area contributed by atoms with Crippen LogP contribution >= 0.6 is 12.6 Å². The van der Waals surface area contributed by atoms with Gasteiger partial charge >= 0.3 is 0 Å². The molecule has 0 atom stereocenters. The van der Waals surface area contributed by atoms with E-state index in [0.717, 1.165) is 38.5 Å². The topological polar surface area (TPSA) is 18.5 Å². The van der Waals surface area contributed by atoms with Gasteiger partial charge in [-0.15, -0.1) is 0 Å². The number of benzene rings is 1. The molecule has 1 N–H and O–H groups in total. The van der Waals surface area contributed by atoms with Crippen LogP contribution in [0.5, 0.6) is 0 Å². The van der Waals surface area contributed by atoms with Gasteiger partial charge in [0.15, 0.2) is 0 Å². The van der Waals surface area contributed by atoms with Crippen molar-refractivity contribution in [2.45, 2.75) is 19.9 Å². The zero-order valence-corrected chi connectivity index (χ0v) is 12.9. The Morgan fingerprint density at radius 1 is 1.11 bits per heavy atom. The highest BCUT2D eigenvalue weighted by atomic mass is 32.1. The summed E-state index contributed by atoms with van der Waals surface area (Å²) in [6.07, 6.45) is 0. The summed E-state index contributed by atoms with van der Waals surface area (Å²) in [6, 6.07) is 9.41. The molecule has 2 rings (SSSR count). The van der Waals surface area contributed by atoms with Crippen molar-refractivity contribution < 1.29 is 0 Å². The highest BCUT2D eigenvalue weighted by Crippen LogP contribution is 2.20. The lowest BCUT2D eigenvalue weighted by molar-refractivity contribution is 0.209. The van der Waals surface area contributed by atoms with Gasteiger partial charge in [-0.25, -0.2) is 0 Å². The Labute approximate surface area is 122 Å². The van der Waals surface area contributed by atoms with Crippen molar-refractivity contribution >= 4 is 24.0 Å². The molecule has 19 heavy (non-hydrogen) atoms. The normalized spacial score (nSPS) is 16.9. The van der Waals surface area contributed by atoms with Crippen LogP contribution in [0.4, 0.5) is 11.4 Å². The zero-order chi connectivity index (χ0) is 13.7. The van der Waals surface area contributed by atoms with E-state index in [1.807, 2.05) is 0 Å². The number of hydrogen-bond donors (Lipinski definition) is 2. The number of nitrogens with one attached hydrogen (secondary N) is 1. The van der Waals surface area contributed by atoms with Crippen molar-refractivity contribution in [3.63, 3.8) is 0 Å². The molecule has 106 valence electrons. The summed E-state index contributed by atoms with van der Waals surface area (Å²) in [6.45, 7) is 10.0. The average Bonchev–Trinajstić information content (AvgIpc) is 2.46. The minimum atomic E-state index is 0.662. The van der Waals surface area contributed by atoms with E-state index in [1.54, 1.807) is 0 Å². The largest absolute Gasteiger partial charge is 0.384 e. The van der Waals surface area contributed by atoms with Crippen LogP contribution in [0, 0.1) is 0 Å². The monoisotopic (exact) mass is 279 g/mol. The van der Waals surface area contributed by atoms with E-state index in [0.29, 0.717) is 6.04 Å². The first-order valence-corrected chi connectivity index (χ1v) is 7.78. The Hall–Kier alpha value is -0.870. The number of nitrogens with zero attached hydrogens (tertiary/aromatic N) is 2. The van der Waals surface area contributed by atoms with Crippen LogP contribution in [0.15, 0.2) is 24.3 Å². The first kappa shape index (κ1) is 14.5. The standard InChI is InChI=1S/C15H25N3S/c1-13(2)17-8-10-18(11-9-17)15-5-3-14(4-6-15)16-7-12-19/h3-6,13,16,19H,7-12H2,1-2H3. The molecular weight excluding hydrogens is 254 g/mol. The molecule has 0 aromatic heterocycles. The molecule has 0 radical (unpaired) electrons. The van der Waals surface area contributed by atoms with E-state index in [1.165, 1.54) is 11.4 Å². The zero-order valence-electron chi connectivity index (χ0n) is 12.0. The maximum Gasteiger partial charge on any atom is 0.0368 e. The summed E-state index contributed by atoms with van der Waals surface area (Å²) in [5, 5.41) is 3.34. The Morgan fingerprint density at radius 2 is 1.74 bits per heavy atom. The van der Waals surface area contributed by atoms with E-state index in [-0.39, 0.29) is 0 Å². The Bertz CT molecular complexity index is 369. The van der Waals surface area contributed by atoms with Gasteiger partial charge in [-0.3, -0.25) is 4.90 Å². The van der Waals surface area contributed by atoms with Gasteiger partial charge in [0.1, 0.15) is 0 Å². The molecule has 4 heteroatoms. The highest BCUT2D eigenvalue weighted by molar-refractivity contribution is 7.80. The summed E-state index contributed by atoms with van der Waals surface area (Å²) in [4.78, 5) is 5.01. The van der Waals surface area contributed by atoms with Crippen LogP contribution in [0.3, 0.4) is 0 Å². The van der Waals surface area contributed by atoms with Crippen LogP contribution in [0.2, 0.25) is 0 Å². The number of thiol groups is 1. The van der Waals surface area contributed by atoms with Crippen molar-refractivity contribution in [1.82, 2.24) is 4.90 Å². The summed E-state index contributed by atoms with van der Waals surface area (Å²) in [7, 11) is 0. The molecule has 1 aliphatic rings. The highest BCUT2D eigenvalue weighted by Gasteiger charge is 2.18. The van der Waals surface area contributed by atoms with Crippen molar-refractivity contribution in [2.24, 2.45) is 0 Å². The molecule has 0 spiro atoms. The third-order valence-electron chi connectivity index (χ3n) is 3.72. The van der Waals surface area contributed by atoms with E-state index in [4.69, 9.17) is 0 Å². The Balaban J connectivity index is 1.89. The Kier molecular flexibility index (Phi) is 5.40. The third-order valence-corrected chi connectivity index (χ3v) is 3.94. The Morgan fingerprint density at radius 3 is 2.26 bits per heavy atom. The summed E-state index contributed by atoms with van der Waals surface area (Å²) >= 11 is 4.20. The van der Waals surface area contributed by atoms with Crippen LogP contribution < -0.4 is 10.2 Å². The maximum atomic E-state index is 4.20. The van der Waals surface area contributed by atoms with Crippen LogP contribution in [0.25, 0.3) is 0 Å². The lowest BCUT2D eigenvalue weighted by atomic mass is 10.2. The lowest BCUT2D eigenvalue weighted by Crippen LogP contribution is -2.48. The average molecular weight is 279 g/mol. The number of rotatable bonds is 5. The minimum Gasteiger partial charge on any atom is -0.384 e. The van der Waals surface area contributed by atoms with Crippen LogP contribution in [-0.4, -0.2) is 49.4 Å². The fourth-order valence-corrected chi connectivity index (χ4v) is 2.60. The van der Waals surface area contributed by atoms with Crippen LogP contribution in [0.1, 0.15) is 13.8 Å². The maximum absolute atomic E-state index is 4.20. The molecule has 0 saturated carbocycles. The molecule has 0 amide bonds. The number of piperazine rings is 1. The molecule has 1 heterocycles. The second kappa shape index (κ2) is 7.06. The molecule has 0 bridgehead atoms. The molecule has 1 aliphatic heterocycles. The molecule has 1 fully saturated rings. The lowest BCUT2D eigenvalue weighted by Gasteiger charge is -2.38. The van der Waals surface area contributed by atoms with Gasteiger partial charge in [0, 0.05) is 55.9 Å². The molecular formula is C15H25N3S. The van der Waals surface area contributed by atoms with E-state index < -0.39 is 0 Å².